The molecule has 88 valence electrons. The second-order valence-corrected chi connectivity index (χ2v) is 3.59. The van der Waals surface area contributed by atoms with Crippen molar-refractivity contribution >= 4 is 5.91 Å². The summed E-state index contributed by atoms with van der Waals surface area (Å²) >= 11 is 0. The fraction of sp³-hybridized carbons (Fsp3) is 0.500. The normalized spacial score (nSPS) is 12.2. The Morgan fingerprint density at radius 2 is 2.12 bits per heavy atom. The number of hydrogen-bond donors (Lipinski definition) is 0. The van der Waals surface area contributed by atoms with Gasteiger partial charge in [0.2, 0.25) is 0 Å². The average Bonchev–Trinajstić information content (AvgIpc) is 2.35. The van der Waals surface area contributed by atoms with Crippen LogP contribution in [0.4, 0.5) is 0 Å². The molecule has 0 radical (unpaired) electrons. The highest BCUT2D eigenvalue weighted by Crippen LogP contribution is 2.06. The van der Waals surface area contributed by atoms with Crippen molar-refractivity contribution in [2.24, 2.45) is 0 Å². The topological polar surface area (TPSA) is 42.4 Å². The number of ether oxygens (including phenoxy) is 1. The molecular weight excluding hydrogens is 204 g/mol. The summed E-state index contributed by atoms with van der Waals surface area (Å²) < 4.78 is 5.03. The minimum Gasteiger partial charge on any atom is -0.372 e. The number of methoxy groups -OCH3 is 1. The Balaban J connectivity index is 2.66. The Morgan fingerprint density at radius 1 is 1.50 bits per heavy atom. The second-order valence-electron chi connectivity index (χ2n) is 3.59. The molecule has 1 unspecified atom stereocenters. The summed E-state index contributed by atoms with van der Waals surface area (Å²) in [5.74, 6) is 0.0156. The van der Waals surface area contributed by atoms with Gasteiger partial charge in [0, 0.05) is 32.6 Å². The highest BCUT2D eigenvalue weighted by Gasteiger charge is 2.18. The van der Waals surface area contributed by atoms with E-state index in [-0.39, 0.29) is 12.0 Å². The van der Waals surface area contributed by atoms with Gasteiger partial charge in [-0.15, -0.1) is 0 Å². The molecule has 0 aliphatic carbocycles. The zero-order valence-electron chi connectivity index (χ0n) is 10.0. The number of nitrogens with zero attached hydrogens (tertiary/aromatic N) is 2. The van der Waals surface area contributed by atoms with E-state index in [1.165, 1.54) is 0 Å². The molecule has 1 heterocycles. The summed E-state index contributed by atoms with van der Waals surface area (Å²) in [6, 6.07) is 3.82. The van der Waals surface area contributed by atoms with E-state index in [2.05, 4.69) is 4.98 Å². The van der Waals surface area contributed by atoms with Crippen LogP contribution in [0.25, 0.3) is 0 Å². The predicted octanol–water partition coefficient (Wildman–Crippen LogP) is 1.47. The van der Waals surface area contributed by atoms with Crippen molar-refractivity contribution in [3.05, 3.63) is 30.1 Å². The van der Waals surface area contributed by atoms with E-state index in [1.807, 2.05) is 19.1 Å². The van der Waals surface area contributed by atoms with Gasteiger partial charge in [0.1, 0.15) is 6.10 Å². The molecule has 0 fully saturated rings. The molecule has 0 saturated heterocycles. The van der Waals surface area contributed by atoms with Crippen molar-refractivity contribution in [1.29, 1.82) is 0 Å². The van der Waals surface area contributed by atoms with Crippen molar-refractivity contribution in [3.63, 3.8) is 0 Å². The maximum Gasteiger partial charge on any atom is 0.251 e. The third-order valence-electron chi connectivity index (χ3n) is 2.52. The highest BCUT2D eigenvalue weighted by molar-refractivity contribution is 5.80. The lowest BCUT2D eigenvalue weighted by atomic mass is 10.2. The van der Waals surface area contributed by atoms with E-state index in [1.54, 1.807) is 31.3 Å². The second kappa shape index (κ2) is 6.23. The molecule has 1 aromatic heterocycles. The summed E-state index contributed by atoms with van der Waals surface area (Å²) in [7, 11) is 1.54. The van der Waals surface area contributed by atoms with Gasteiger partial charge in [-0.25, -0.2) is 0 Å². The molecule has 4 heteroatoms. The van der Waals surface area contributed by atoms with Crippen LogP contribution in [0.3, 0.4) is 0 Å². The van der Waals surface area contributed by atoms with Crippen LogP contribution in [0, 0.1) is 0 Å². The van der Waals surface area contributed by atoms with Crippen molar-refractivity contribution in [3.8, 4) is 0 Å². The number of carbonyl (C=O) groups excluding carboxylic acids is 1. The van der Waals surface area contributed by atoms with Crippen LogP contribution >= 0.6 is 0 Å². The van der Waals surface area contributed by atoms with Crippen molar-refractivity contribution in [2.45, 2.75) is 26.5 Å². The van der Waals surface area contributed by atoms with Gasteiger partial charge in [0.25, 0.3) is 5.91 Å². The third-order valence-corrected chi connectivity index (χ3v) is 2.52. The van der Waals surface area contributed by atoms with Crippen molar-refractivity contribution < 1.29 is 9.53 Å². The Bertz CT molecular complexity index is 327. The van der Waals surface area contributed by atoms with E-state index in [9.17, 15) is 4.79 Å². The van der Waals surface area contributed by atoms with Crippen LogP contribution in [0.5, 0.6) is 0 Å². The molecule has 0 spiro atoms. The van der Waals surface area contributed by atoms with Gasteiger partial charge < -0.3 is 9.64 Å². The fourth-order valence-electron chi connectivity index (χ4n) is 1.41. The van der Waals surface area contributed by atoms with Gasteiger partial charge >= 0.3 is 0 Å². The summed E-state index contributed by atoms with van der Waals surface area (Å²) in [6.07, 6.45) is 3.07. The summed E-state index contributed by atoms with van der Waals surface area (Å²) in [5.41, 5.74) is 1.08. The van der Waals surface area contributed by atoms with Gasteiger partial charge in [-0.3, -0.25) is 9.78 Å². The van der Waals surface area contributed by atoms with Crippen molar-refractivity contribution in [2.75, 3.05) is 13.7 Å². The molecule has 0 bridgehead atoms. The van der Waals surface area contributed by atoms with Gasteiger partial charge in [0.15, 0.2) is 0 Å². The van der Waals surface area contributed by atoms with E-state index >= 15 is 0 Å². The minimum atomic E-state index is -0.387. The number of carbonyl (C=O) groups is 1. The van der Waals surface area contributed by atoms with E-state index in [4.69, 9.17) is 4.74 Å². The van der Waals surface area contributed by atoms with Gasteiger partial charge in [0.05, 0.1) is 0 Å². The number of amides is 1. The Hall–Kier alpha value is -1.42. The predicted molar refractivity (Wildman–Crippen MR) is 61.8 cm³/mol. The highest BCUT2D eigenvalue weighted by atomic mass is 16.5. The summed E-state index contributed by atoms with van der Waals surface area (Å²) in [4.78, 5) is 17.6. The first-order valence-electron chi connectivity index (χ1n) is 5.39. The number of likely N-dealkylation sites (N-methyl/N-ethyl adjacent to an activating group) is 1. The first kappa shape index (κ1) is 12.6. The van der Waals surface area contributed by atoms with Gasteiger partial charge in [-0.05, 0) is 31.5 Å². The first-order valence-corrected chi connectivity index (χ1v) is 5.39. The summed E-state index contributed by atoms with van der Waals surface area (Å²) in [5, 5.41) is 0. The summed E-state index contributed by atoms with van der Waals surface area (Å²) in [6.45, 7) is 5.00. The quantitative estimate of drug-likeness (QED) is 0.757. The fourth-order valence-corrected chi connectivity index (χ4v) is 1.41. The van der Waals surface area contributed by atoms with E-state index < -0.39 is 0 Å². The number of aromatic nitrogens is 1. The van der Waals surface area contributed by atoms with Crippen LogP contribution < -0.4 is 0 Å². The monoisotopic (exact) mass is 222 g/mol. The lowest BCUT2D eigenvalue weighted by Gasteiger charge is -2.23. The third kappa shape index (κ3) is 3.31. The molecule has 1 atom stereocenters. The zero-order valence-corrected chi connectivity index (χ0v) is 10.0. The first-order chi connectivity index (χ1) is 7.69. The number of pyridine rings is 1. The Morgan fingerprint density at radius 3 is 2.62 bits per heavy atom. The molecule has 0 aromatic carbocycles. The van der Waals surface area contributed by atoms with E-state index in [0.29, 0.717) is 13.1 Å². The zero-order chi connectivity index (χ0) is 12.0. The maximum atomic E-state index is 11.9. The molecule has 0 N–H and O–H groups in total. The van der Waals surface area contributed by atoms with E-state index in [0.717, 1.165) is 5.56 Å². The average molecular weight is 222 g/mol. The lowest BCUT2D eigenvalue weighted by molar-refractivity contribution is -0.141. The number of rotatable bonds is 5. The molecule has 1 rings (SSSR count). The SMILES string of the molecule is CCN(Cc1ccncc1)C(=O)C(C)OC. The standard InChI is InChI=1S/C12H18N2O2/c1-4-14(12(15)10(2)16-3)9-11-5-7-13-8-6-11/h5-8,10H,4,9H2,1-3H3. The van der Waals surface area contributed by atoms with Gasteiger partial charge in [-0.1, -0.05) is 0 Å². The molecule has 0 saturated carbocycles. The molecule has 0 aliphatic rings. The maximum absolute atomic E-state index is 11.9. The molecule has 4 nitrogen and oxygen atoms in total. The molecule has 1 amide bonds. The van der Waals surface area contributed by atoms with Crippen LogP contribution in [-0.4, -0.2) is 35.5 Å². The minimum absolute atomic E-state index is 0.0156. The Kier molecular flexibility index (Phi) is 4.92. The Labute approximate surface area is 96.2 Å². The largest absolute Gasteiger partial charge is 0.372 e. The molecule has 16 heavy (non-hydrogen) atoms. The van der Waals surface area contributed by atoms with Crippen LogP contribution in [-0.2, 0) is 16.1 Å². The van der Waals surface area contributed by atoms with Crippen LogP contribution in [0.15, 0.2) is 24.5 Å². The molecular formula is C12H18N2O2. The molecule has 1 aromatic rings. The number of hydrogen-bond acceptors (Lipinski definition) is 3. The van der Waals surface area contributed by atoms with Gasteiger partial charge in [-0.2, -0.15) is 0 Å². The smallest absolute Gasteiger partial charge is 0.251 e. The van der Waals surface area contributed by atoms with Crippen LogP contribution in [0.2, 0.25) is 0 Å². The van der Waals surface area contributed by atoms with Crippen LogP contribution in [0.1, 0.15) is 19.4 Å². The van der Waals surface area contributed by atoms with Crippen molar-refractivity contribution in [1.82, 2.24) is 9.88 Å². The lowest BCUT2D eigenvalue weighted by Crippen LogP contribution is -2.38. The molecule has 0 aliphatic heterocycles.